The Morgan fingerprint density at radius 3 is 2.44 bits per heavy atom. The molecule has 0 saturated heterocycles. The predicted molar refractivity (Wildman–Crippen MR) is 99.5 cm³/mol. The second kappa shape index (κ2) is 6.35. The highest BCUT2D eigenvalue weighted by Gasteiger charge is 2.27. The molecule has 0 atom stereocenters. The van der Waals surface area contributed by atoms with Gasteiger partial charge in [0, 0.05) is 6.54 Å². The van der Waals surface area contributed by atoms with E-state index in [1.807, 2.05) is 49.6 Å². The topological polar surface area (TPSA) is 83.0 Å². The van der Waals surface area contributed by atoms with Crippen molar-refractivity contribution in [2.45, 2.75) is 52.7 Å². The molecule has 3 rings (SSSR count). The molecule has 2 aromatic heterocycles. The Hall–Kier alpha value is -2.63. The molecule has 0 unspecified atom stereocenters. The minimum absolute atomic E-state index is 0.305. The van der Waals surface area contributed by atoms with Crippen LogP contribution in [-0.2, 0) is 11.3 Å². The number of carbonyl (C=O) groups excluding carboxylic acids is 1. The molecule has 132 valence electrons. The molecule has 0 aliphatic rings. The Kier molecular flexibility index (Phi) is 4.37. The van der Waals surface area contributed by atoms with Crippen LogP contribution >= 0.6 is 0 Å². The molecule has 2 N–H and O–H groups in total. The lowest BCUT2D eigenvalue weighted by Crippen LogP contribution is -2.24. The molecule has 6 heteroatoms. The van der Waals surface area contributed by atoms with Crippen molar-refractivity contribution in [3.63, 3.8) is 0 Å². The number of nitrogens with zero attached hydrogens (tertiary/aromatic N) is 3. The van der Waals surface area contributed by atoms with Gasteiger partial charge in [-0.15, -0.1) is 0 Å². The van der Waals surface area contributed by atoms with Gasteiger partial charge in [-0.1, -0.05) is 25.5 Å². The van der Waals surface area contributed by atoms with Gasteiger partial charge in [0.15, 0.2) is 5.65 Å². The average molecular weight is 340 g/mol. The third-order valence-electron chi connectivity index (χ3n) is 3.93. The molecule has 0 fully saturated rings. The molecule has 2 heterocycles. The zero-order valence-electron chi connectivity index (χ0n) is 15.2. The van der Waals surface area contributed by atoms with E-state index in [2.05, 4.69) is 11.9 Å². The van der Waals surface area contributed by atoms with Crippen LogP contribution in [0.4, 0.5) is 5.82 Å². The van der Waals surface area contributed by atoms with E-state index >= 15 is 0 Å². The van der Waals surface area contributed by atoms with Crippen molar-refractivity contribution in [3.8, 4) is 0 Å². The highest BCUT2D eigenvalue weighted by molar-refractivity contribution is 6.08. The maximum Gasteiger partial charge on any atom is 0.344 e. The Morgan fingerprint density at radius 1 is 1.20 bits per heavy atom. The SMILES string of the molecule is CCCCn1c(N)c(C(=O)OC(C)(C)C)c2nc3ccccc3nc21. The smallest absolute Gasteiger partial charge is 0.344 e. The number of aryl methyl sites for hydroxylation is 1. The maximum atomic E-state index is 12.7. The molecular weight excluding hydrogens is 316 g/mol. The number of aromatic nitrogens is 3. The Bertz CT molecular complexity index is 938. The van der Waals surface area contributed by atoms with E-state index in [0.717, 1.165) is 23.9 Å². The minimum Gasteiger partial charge on any atom is -0.456 e. The summed E-state index contributed by atoms with van der Waals surface area (Å²) in [6, 6.07) is 7.59. The Morgan fingerprint density at radius 2 is 1.84 bits per heavy atom. The van der Waals surface area contributed by atoms with Crippen LogP contribution in [0, 0.1) is 0 Å². The average Bonchev–Trinajstić information content (AvgIpc) is 2.80. The first-order valence-corrected chi connectivity index (χ1v) is 8.59. The molecule has 3 aromatic rings. The first kappa shape index (κ1) is 17.2. The van der Waals surface area contributed by atoms with Gasteiger partial charge in [-0.25, -0.2) is 14.8 Å². The highest BCUT2D eigenvalue weighted by atomic mass is 16.6. The number of esters is 1. The molecule has 1 aromatic carbocycles. The quantitative estimate of drug-likeness (QED) is 0.728. The van der Waals surface area contributed by atoms with Crippen LogP contribution in [0.1, 0.15) is 50.9 Å². The van der Waals surface area contributed by atoms with E-state index in [4.69, 9.17) is 15.5 Å². The molecule has 0 radical (unpaired) electrons. The summed E-state index contributed by atoms with van der Waals surface area (Å²) in [5, 5.41) is 0. The number of hydrogen-bond acceptors (Lipinski definition) is 5. The van der Waals surface area contributed by atoms with E-state index in [0.29, 0.717) is 29.1 Å². The lowest BCUT2D eigenvalue weighted by Gasteiger charge is -2.19. The van der Waals surface area contributed by atoms with Crippen LogP contribution in [0.5, 0.6) is 0 Å². The number of carbonyl (C=O) groups is 1. The summed E-state index contributed by atoms with van der Waals surface area (Å²) < 4.78 is 7.42. The summed E-state index contributed by atoms with van der Waals surface area (Å²) in [6.07, 6.45) is 1.96. The van der Waals surface area contributed by atoms with Crippen LogP contribution < -0.4 is 5.73 Å². The third kappa shape index (κ3) is 3.29. The Balaban J connectivity index is 2.25. The second-order valence-corrected chi connectivity index (χ2v) is 7.15. The Labute approximate surface area is 147 Å². The summed E-state index contributed by atoms with van der Waals surface area (Å²) in [7, 11) is 0. The molecule has 0 spiro atoms. The van der Waals surface area contributed by atoms with Crippen LogP contribution in [0.2, 0.25) is 0 Å². The number of fused-ring (bicyclic) bond motifs is 2. The van der Waals surface area contributed by atoms with Gasteiger partial charge in [0.1, 0.15) is 22.5 Å². The van der Waals surface area contributed by atoms with Crippen molar-refractivity contribution in [2.24, 2.45) is 0 Å². The molecule has 0 saturated carbocycles. The van der Waals surface area contributed by atoms with Crippen LogP contribution in [-0.4, -0.2) is 26.1 Å². The van der Waals surface area contributed by atoms with Crippen molar-refractivity contribution in [1.82, 2.24) is 14.5 Å². The summed E-state index contributed by atoms with van der Waals surface area (Å²) in [5.41, 5.74) is 8.66. The molecule has 0 amide bonds. The van der Waals surface area contributed by atoms with Gasteiger partial charge in [-0.2, -0.15) is 0 Å². The van der Waals surface area contributed by atoms with Crippen molar-refractivity contribution >= 4 is 34.0 Å². The van der Waals surface area contributed by atoms with E-state index < -0.39 is 11.6 Å². The van der Waals surface area contributed by atoms with Crippen LogP contribution in [0.15, 0.2) is 24.3 Å². The molecule has 6 nitrogen and oxygen atoms in total. The molecule has 0 aliphatic heterocycles. The molecule has 0 aliphatic carbocycles. The van der Waals surface area contributed by atoms with Crippen LogP contribution in [0.3, 0.4) is 0 Å². The number of ether oxygens (including phenoxy) is 1. The fourth-order valence-corrected chi connectivity index (χ4v) is 2.79. The number of nitrogens with two attached hydrogens (primary N) is 1. The highest BCUT2D eigenvalue weighted by Crippen LogP contribution is 2.30. The van der Waals surface area contributed by atoms with Gasteiger partial charge in [0.05, 0.1) is 11.0 Å². The largest absolute Gasteiger partial charge is 0.456 e. The van der Waals surface area contributed by atoms with Crippen molar-refractivity contribution in [1.29, 1.82) is 0 Å². The number of nitrogen functional groups attached to an aromatic ring is 1. The fraction of sp³-hybridized carbons (Fsp3) is 0.421. The fourth-order valence-electron chi connectivity index (χ4n) is 2.79. The zero-order chi connectivity index (χ0) is 18.2. The normalized spacial score (nSPS) is 12.0. The summed E-state index contributed by atoms with van der Waals surface area (Å²) in [6.45, 7) is 8.29. The van der Waals surface area contributed by atoms with Gasteiger partial charge in [0.2, 0.25) is 0 Å². The van der Waals surface area contributed by atoms with Crippen molar-refractivity contribution in [2.75, 3.05) is 5.73 Å². The number of anilines is 1. The predicted octanol–water partition coefficient (Wildman–Crippen LogP) is 3.92. The van der Waals surface area contributed by atoms with Gasteiger partial charge in [0.25, 0.3) is 0 Å². The van der Waals surface area contributed by atoms with Crippen LogP contribution in [0.25, 0.3) is 22.2 Å². The van der Waals surface area contributed by atoms with Gasteiger partial charge >= 0.3 is 5.97 Å². The summed E-state index contributed by atoms with van der Waals surface area (Å²) >= 11 is 0. The van der Waals surface area contributed by atoms with Crippen molar-refractivity contribution in [3.05, 3.63) is 29.8 Å². The maximum absolute atomic E-state index is 12.7. The van der Waals surface area contributed by atoms with E-state index in [1.54, 1.807) is 0 Å². The number of unbranched alkanes of at least 4 members (excludes halogenated alkanes) is 1. The number of benzene rings is 1. The second-order valence-electron chi connectivity index (χ2n) is 7.15. The third-order valence-corrected chi connectivity index (χ3v) is 3.93. The number of para-hydroxylation sites is 2. The lowest BCUT2D eigenvalue weighted by molar-refractivity contribution is 0.00727. The van der Waals surface area contributed by atoms with E-state index in [-0.39, 0.29) is 0 Å². The monoisotopic (exact) mass is 340 g/mol. The van der Waals surface area contributed by atoms with Gasteiger partial charge in [-0.3, -0.25) is 0 Å². The standard InChI is InChI=1S/C19H24N4O2/c1-5-6-11-23-16(20)14(18(24)25-19(2,3)4)15-17(23)22-13-10-8-7-9-12(13)21-15/h7-10H,5-6,11,20H2,1-4H3. The lowest BCUT2D eigenvalue weighted by atomic mass is 10.2. The van der Waals surface area contributed by atoms with E-state index in [9.17, 15) is 4.79 Å². The summed E-state index contributed by atoms with van der Waals surface area (Å²) in [4.78, 5) is 22.1. The zero-order valence-corrected chi connectivity index (χ0v) is 15.2. The number of rotatable bonds is 4. The number of hydrogen-bond donors (Lipinski definition) is 1. The first-order chi connectivity index (χ1) is 11.8. The molecule has 25 heavy (non-hydrogen) atoms. The van der Waals surface area contributed by atoms with E-state index in [1.165, 1.54) is 0 Å². The first-order valence-electron chi connectivity index (χ1n) is 8.59. The molecular formula is C19H24N4O2. The minimum atomic E-state index is -0.606. The van der Waals surface area contributed by atoms with Gasteiger partial charge < -0.3 is 15.0 Å². The summed E-state index contributed by atoms with van der Waals surface area (Å²) in [5.74, 6) is -0.0946. The van der Waals surface area contributed by atoms with Crippen molar-refractivity contribution < 1.29 is 9.53 Å². The van der Waals surface area contributed by atoms with Gasteiger partial charge in [-0.05, 0) is 39.3 Å². The molecule has 0 bridgehead atoms.